The van der Waals surface area contributed by atoms with E-state index in [9.17, 15) is 9.59 Å². The lowest BCUT2D eigenvalue weighted by Crippen LogP contribution is -2.42. The number of carbonyl (C=O) groups is 1. The average Bonchev–Trinajstić information content (AvgIpc) is 3.09. The molecule has 29 heavy (non-hydrogen) atoms. The summed E-state index contributed by atoms with van der Waals surface area (Å²) in [6.45, 7) is 3.70. The van der Waals surface area contributed by atoms with Crippen molar-refractivity contribution in [1.82, 2.24) is 24.2 Å². The topological polar surface area (TPSA) is 82.2 Å². The van der Waals surface area contributed by atoms with Crippen molar-refractivity contribution in [1.29, 1.82) is 0 Å². The molecule has 1 aliphatic rings. The first-order valence-electron chi connectivity index (χ1n) is 9.89. The average molecular weight is 395 g/mol. The molecule has 1 aliphatic heterocycles. The lowest BCUT2D eigenvalue weighted by molar-refractivity contribution is -0.133. The number of amides is 1. The Morgan fingerprint density at radius 1 is 1.28 bits per heavy atom. The van der Waals surface area contributed by atoms with Crippen LogP contribution in [0.15, 0.2) is 41.6 Å². The van der Waals surface area contributed by atoms with E-state index in [0.29, 0.717) is 30.7 Å². The maximum atomic E-state index is 12.6. The zero-order valence-electron chi connectivity index (χ0n) is 16.7. The lowest BCUT2D eigenvalue weighted by Gasteiger charge is -2.32. The first kappa shape index (κ1) is 19.2. The number of aromatic nitrogens is 4. The maximum absolute atomic E-state index is 12.6. The fourth-order valence-corrected chi connectivity index (χ4v) is 3.70. The zero-order valence-corrected chi connectivity index (χ0v) is 16.7. The molecule has 3 aromatic rings. The van der Waals surface area contributed by atoms with E-state index < -0.39 is 0 Å². The third kappa shape index (κ3) is 4.16. The summed E-state index contributed by atoms with van der Waals surface area (Å²) in [6.07, 6.45) is 5.02. The van der Waals surface area contributed by atoms with Gasteiger partial charge < -0.3 is 9.64 Å². The molecular weight excluding hydrogens is 370 g/mol. The van der Waals surface area contributed by atoms with E-state index in [1.54, 1.807) is 11.7 Å². The highest BCUT2D eigenvalue weighted by Crippen LogP contribution is 2.20. The second kappa shape index (κ2) is 8.06. The van der Waals surface area contributed by atoms with Crippen LogP contribution in [0, 0.1) is 6.92 Å². The van der Waals surface area contributed by atoms with Crippen molar-refractivity contribution in [2.75, 3.05) is 13.1 Å². The summed E-state index contributed by atoms with van der Waals surface area (Å²) in [5, 5.41) is 4.53. The molecule has 0 atom stereocenters. The third-order valence-electron chi connectivity index (χ3n) is 5.37. The number of likely N-dealkylation sites (tertiary alicyclic amines) is 1. The Bertz CT molecular complexity index is 1080. The molecule has 8 heteroatoms. The summed E-state index contributed by atoms with van der Waals surface area (Å²) in [5.41, 5.74) is 1.55. The van der Waals surface area contributed by atoms with Gasteiger partial charge in [0.05, 0.1) is 12.5 Å². The normalized spacial score (nSPS) is 15.0. The Hall–Kier alpha value is -3.16. The van der Waals surface area contributed by atoms with E-state index >= 15 is 0 Å². The number of piperidine rings is 1. The number of hydrogen-bond donors (Lipinski definition) is 0. The quantitative estimate of drug-likeness (QED) is 0.659. The van der Waals surface area contributed by atoms with Gasteiger partial charge in [0.1, 0.15) is 17.2 Å². The summed E-state index contributed by atoms with van der Waals surface area (Å²) in [6, 6.07) is 8.03. The van der Waals surface area contributed by atoms with Crippen LogP contribution in [0.1, 0.15) is 24.8 Å². The molecule has 2 aromatic heterocycles. The van der Waals surface area contributed by atoms with Gasteiger partial charge in [0.15, 0.2) is 5.65 Å². The summed E-state index contributed by atoms with van der Waals surface area (Å²) in [4.78, 5) is 31.2. The van der Waals surface area contributed by atoms with Crippen LogP contribution < -0.4 is 10.3 Å². The van der Waals surface area contributed by atoms with Crippen molar-refractivity contribution < 1.29 is 9.53 Å². The fraction of sp³-hybridized carbons (Fsp3) is 0.429. The molecule has 0 saturated carbocycles. The molecule has 0 radical (unpaired) electrons. The van der Waals surface area contributed by atoms with Gasteiger partial charge in [0.25, 0.3) is 5.56 Å². The number of fused-ring (bicyclic) bond motifs is 1. The van der Waals surface area contributed by atoms with Gasteiger partial charge in [-0.15, -0.1) is 0 Å². The Balaban J connectivity index is 1.30. The number of carbonyl (C=O) groups excluding carboxylic acids is 1. The number of aryl methyl sites for hydroxylation is 3. The van der Waals surface area contributed by atoms with E-state index in [1.807, 2.05) is 36.1 Å². The Labute approximate surface area is 168 Å². The van der Waals surface area contributed by atoms with Gasteiger partial charge >= 0.3 is 0 Å². The first-order chi connectivity index (χ1) is 14.0. The van der Waals surface area contributed by atoms with Gasteiger partial charge in [-0.2, -0.15) is 5.10 Å². The lowest BCUT2D eigenvalue weighted by atomic mass is 10.1. The Morgan fingerprint density at radius 2 is 2.07 bits per heavy atom. The molecule has 8 nitrogen and oxygen atoms in total. The molecule has 0 N–H and O–H groups in total. The fourth-order valence-electron chi connectivity index (χ4n) is 3.70. The molecule has 1 saturated heterocycles. The number of hydrogen-bond acceptors (Lipinski definition) is 5. The molecule has 0 spiro atoms. The highest BCUT2D eigenvalue weighted by atomic mass is 16.5. The van der Waals surface area contributed by atoms with Crippen LogP contribution in [-0.2, 0) is 18.4 Å². The minimum Gasteiger partial charge on any atom is -0.490 e. The van der Waals surface area contributed by atoms with E-state index in [4.69, 9.17) is 4.74 Å². The van der Waals surface area contributed by atoms with Crippen molar-refractivity contribution in [3.05, 3.63) is 52.7 Å². The summed E-state index contributed by atoms with van der Waals surface area (Å²) in [5.74, 6) is 0.935. The molecular formula is C21H25N5O3. The monoisotopic (exact) mass is 395 g/mol. The van der Waals surface area contributed by atoms with Crippen LogP contribution in [0.2, 0.25) is 0 Å². The molecule has 152 valence electrons. The van der Waals surface area contributed by atoms with Crippen LogP contribution in [0.3, 0.4) is 0 Å². The van der Waals surface area contributed by atoms with E-state index in [2.05, 4.69) is 10.1 Å². The molecule has 1 fully saturated rings. The second-order valence-corrected chi connectivity index (χ2v) is 7.51. The van der Waals surface area contributed by atoms with Crippen LogP contribution in [-0.4, -0.2) is 49.3 Å². The van der Waals surface area contributed by atoms with Gasteiger partial charge in [0, 0.05) is 45.9 Å². The molecule has 0 aliphatic carbocycles. The highest BCUT2D eigenvalue weighted by Gasteiger charge is 2.24. The number of nitrogens with zero attached hydrogens (tertiary/aromatic N) is 5. The number of ether oxygens (including phenoxy) is 1. The molecule has 0 unspecified atom stereocenters. The van der Waals surface area contributed by atoms with E-state index in [1.165, 1.54) is 22.7 Å². The van der Waals surface area contributed by atoms with Crippen molar-refractivity contribution in [2.45, 2.75) is 38.8 Å². The molecule has 0 bridgehead atoms. The number of rotatable bonds is 5. The maximum Gasteiger partial charge on any atom is 0.264 e. The molecule has 3 heterocycles. The van der Waals surface area contributed by atoms with Crippen LogP contribution in [0.4, 0.5) is 0 Å². The molecule has 4 rings (SSSR count). The van der Waals surface area contributed by atoms with Gasteiger partial charge in [-0.3, -0.25) is 18.8 Å². The summed E-state index contributed by atoms with van der Waals surface area (Å²) < 4.78 is 9.10. The summed E-state index contributed by atoms with van der Waals surface area (Å²) in [7, 11) is 1.74. The highest BCUT2D eigenvalue weighted by molar-refractivity contribution is 5.76. The van der Waals surface area contributed by atoms with Gasteiger partial charge in [-0.25, -0.2) is 4.98 Å². The Kier molecular flexibility index (Phi) is 5.33. The first-order valence-corrected chi connectivity index (χ1v) is 9.89. The number of benzene rings is 1. The standard InChI is InChI=1S/C21H25N5O3/c1-15-4-3-5-17(12-15)29-16-6-9-25(10-7-16)19(27)8-11-26-14-22-20-18(21(26)28)13-23-24(20)2/h3-5,12-14,16H,6-11H2,1-2H3. The van der Waals surface area contributed by atoms with E-state index in [0.717, 1.165) is 18.6 Å². The minimum atomic E-state index is -0.166. The third-order valence-corrected chi connectivity index (χ3v) is 5.37. The largest absolute Gasteiger partial charge is 0.490 e. The van der Waals surface area contributed by atoms with Gasteiger partial charge in [-0.1, -0.05) is 12.1 Å². The van der Waals surface area contributed by atoms with Gasteiger partial charge in [-0.05, 0) is 24.6 Å². The predicted octanol–water partition coefficient (Wildman–Crippen LogP) is 1.90. The smallest absolute Gasteiger partial charge is 0.264 e. The zero-order chi connectivity index (χ0) is 20.4. The second-order valence-electron chi connectivity index (χ2n) is 7.51. The Morgan fingerprint density at radius 3 is 2.83 bits per heavy atom. The van der Waals surface area contributed by atoms with Crippen LogP contribution in [0.25, 0.3) is 11.0 Å². The van der Waals surface area contributed by atoms with Crippen LogP contribution in [0.5, 0.6) is 5.75 Å². The van der Waals surface area contributed by atoms with Crippen molar-refractivity contribution in [3.8, 4) is 5.75 Å². The van der Waals surface area contributed by atoms with Crippen molar-refractivity contribution in [3.63, 3.8) is 0 Å². The molecule has 1 aromatic carbocycles. The molecule has 1 amide bonds. The van der Waals surface area contributed by atoms with Gasteiger partial charge in [0.2, 0.25) is 5.91 Å². The van der Waals surface area contributed by atoms with Crippen LogP contribution >= 0.6 is 0 Å². The van der Waals surface area contributed by atoms with E-state index in [-0.39, 0.29) is 24.0 Å². The SMILES string of the molecule is Cc1cccc(OC2CCN(C(=O)CCn3cnc4c(cnn4C)c3=O)CC2)c1. The van der Waals surface area contributed by atoms with Crippen molar-refractivity contribution in [2.24, 2.45) is 7.05 Å². The minimum absolute atomic E-state index is 0.0530. The summed E-state index contributed by atoms with van der Waals surface area (Å²) >= 11 is 0. The van der Waals surface area contributed by atoms with Crippen molar-refractivity contribution >= 4 is 16.9 Å². The predicted molar refractivity (Wildman–Crippen MR) is 109 cm³/mol.